The monoisotopic (exact) mass is 331 g/mol. The van der Waals surface area contributed by atoms with Crippen LogP contribution in [0.25, 0.3) is 0 Å². The Kier molecular flexibility index (Phi) is 8.19. The number of hydrogen-bond acceptors (Lipinski definition) is 3. The Bertz CT molecular complexity index is 555. The van der Waals surface area contributed by atoms with Crippen molar-refractivity contribution in [3.8, 4) is 0 Å². The lowest BCUT2D eigenvalue weighted by atomic mass is 10.1. The molecule has 0 saturated heterocycles. The van der Waals surface area contributed by atoms with Crippen LogP contribution in [0.5, 0.6) is 0 Å². The molecule has 4 nitrogen and oxygen atoms in total. The van der Waals surface area contributed by atoms with Crippen molar-refractivity contribution >= 4 is 17.7 Å². The fraction of sp³-hybridized carbons (Fsp3) is 0.389. The first-order chi connectivity index (χ1) is 11.4. The summed E-state index contributed by atoms with van der Waals surface area (Å²) in [5, 5.41) is 6.78. The second-order valence-corrected chi connectivity index (χ2v) is 6.13. The van der Waals surface area contributed by atoms with E-state index in [1.807, 2.05) is 30.0 Å². The molecule has 2 rings (SSSR count). The van der Waals surface area contributed by atoms with Crippen LogP contribution in [0.2, 0.25) is 0 Å². The van der Waals surface area contributed by atoms with Gasteiger partial charge in [0.15, 0.2) is 5.96 Å². The quantitative estimate of drug-likeness (QED) is 0.421. The number of furan rings is 1. The molecular weight excluding hydrogens is 306 g/mol. The molecule has 23 heavy (non-hydrogen) atoms. The molecule has 0 saturated carbocycles. The van der Waals surface area contributed by atoms with Crippen molar-refractivity contribution in [1.82, 2.24) is 10.6 Å². The van der Waals surface area contributed by atoms with Gasteiger partial charge in [-0.05, 0) is 30.4 Å². The van der Waals surface area contributed by atoms with E-state index in [9.17, 15) is 0 Å². The molecule has 0 spiro atoms. The second kappa shape index (κ2) is 10.8. The number of nitrogens with one attached hydrogen (secondary N) is 2. The van der Waals surface area contributed by atoms with Crippen LogP contribution in [0, 0.1) is 0 Å². The normalized spacial score (nSPS) is 11.4. The summed E-state index contributed by atoms with van der Waals surface area (Å²) in [6.07, 6.45) is 5.65. The first-order valence-electron chi connectivity index (χ1n) is 7.96. The first-order valence-corrected chi connectivity index (χ1v) is 9.35. The van der Waals surface area contributed by atoms with Gasteiger partial charge in [-0.25, -0.2) is 0 Å². The van der Waals surface area contributed by atoms with Gasteiger partial charge in [0.2, 0.25) is 0 Å². The Hall–Kier alpha value is -1.88. The maximum Gasteiger partial charge on any atom is 0.191 e. The van der Waals surface area contributed by atoms with E-state index in [4.69, 9.17) is 4.42 Å². The zero-order valence-electron chi connectivity index (χ0n) is 13.6. The third-order valence-corrected chi connectivity index (χ3v) is 3.95. The molecular formula is C18H25N3OS. The number of thioether (sulfide) groups is 1. The number of aliphatic imine (C=N–C) groups is 1. The Balaban J connectivity index is 1.75. The molecule has 0 radical (unpaired) electrons. The number of rotatable bonds is 9. The van der Waals surface area contributed by atoms with E-state index in [-0.39, 0.29) is 0 Å². The van der Waals surface area contributed by atoms with Crippen molar-refractivity contribution < 1.29 is 4.42 Å². The van der Waals surface area contributed by atoms with Gasteiger partial charge in [-0.3, -0.25) is 4.99 Å². The highest BCUT2D eigenvalue weighted by Gasteiger charge is 2.00. The molecule has 1 aromatic carbocycles. The molecule has 0 amide bonds. The summed E-state index contributed by atoms with van der Waals surface area (Å²) in [7, 11) is 0. The number of benzene rings is 1. The summed E-state index contributed by atoms with van der Waals surface area (Å²) in [6, 6.07) is 14.4. The average molecular weight is 331 g/mol. The number of guanidine groups is 1. The van der Waals surface area contributed by atoms with Gasteiger partial charge in [-0.2, -0.15) is 11.8 Å². The van der Waals surface area contributed by atoms with Gasteiger partial charge in [0.25, 0.3) is 0 Å². The van der Waals surface area contributed by atoms with Crippen molar-refractivity contribution in [2.24, 2.45) is 4.99 Å². The predicted molar refractivity (Wildman–Crippen MR) is 99.2 cm³/mol. The Morgan fingerprint density at radius 1 is 1.04 bits per heavy atom. The van der Waals surface area contributed by atoms with E-state index in [0.717, 1.165) is 49.9 Å². The van der Waals surface area contributed by atoms with E-state index >= 15 is 0 Å². The van der Waals surface area contributed by atoms with Gasteiger partial charge in [0, 0.05) is 25.3 Å². The zero-order chi connectivity index (χ0) is 16.2. The first kappa shape index (κ1) is 17.5. The summed E-state index contributed by atoms with van der Waals surface area (Å²) in [4.78, 5) is 4.61. The van der Waals surface area contributed by atoms with Gasteiger partial charge >= 0.3 is 0 Å². The van der Waals surface area contributed by atoms with Crippen LogP contribution in [0.4, 0.5) is 0 Å². The summed E-state index contributed by atoms with van der Waals surface area (Å²) < 4.78 is 5.35. The molecule has 5 heteroatoms. The second-order valence-electron chi connectivity index (χ2n) is 5.14. The lowest BCUT2D eigenvalue weighted by molar-refractivity contribution is 0.507. The number of nitrogens with zero attached hydrogens (tertiary/aromatic N) is 1. The molecule has 1 heterocycles. The highest BCUT2D eigenvalue weighted by Crippen LogP contribution is 2.00. The smallest absolute Gasteiger partial charge is 0.191 e. The van der Waals surface area contributed by atoms with E-state index in [1.165, 1.54) is 5.56 Å². The van der Waals surface area contributed by atoms with E-state index in [0.29, 0.717) is 0 Å². The molecule has 0 bridgehead atoms. The lowest BCUT2D eigenvalue weighted by Crippen LogP contribution is -2.39. The molecule has 124 valence electrons. The van der Waals surface area contributed by atoms with Crippen molar-refractivity contribution in [2.45, 2.75) is 12.8 Å². The van der Waals surface area contributed by atoms with Crippen LogP contribution in [-0.4, -0.2) is 37.6 Å². The molecule has 2 N–H and O–H groups in total. The third-order valence-electron chi connectivity index (χ3n) is 3.36. The van der Waals surface area contributed by atoms with Gasteiger partial charge in [-0.1, -0.05) is 30.3 Å². The fourth-order valence-corrected chi connectivity index (χ4v) is 2.43. The van der Waals surface area contributed by atoms with Crippen molar-refractivity contribution in [3.63, 3.8) is 0 Å². The maximum absolute atomic E-state index is 5.35. The minimum atomic E-state index is 0.809. The molecule has 0 aliphatic carbocycles. The largest absolute Gasteiger partial charge is 0.469 e. The van der Waals surface area contributed by atoms with Crippen molar-refractivity contribution in [2.75, 3.05) is 31.6 Å². The highest BCUT2D eigenvalue weighted by atomic mass is 32.2. The van der Waals surface area contributed by atoms with Crippen molar-refractivity contribution in [1.29, 1.82) is 0 Å². The fourth-order valence-electron chi connectivity index (χ4n) is 2.15. The van der Waals surface area contributed by atoms with Crippen LogP contribution in [0.3, 0.4) is 0 Å². The predicted octanol–water partition coefficient (Wildman–Crippen LogP) is 2.96. The molecule has 0 atom stereocenters. The van der Waals surface area contributed by atoms with Crippen LogP contribution >= 0.6 is 11.8 Å². The van der Waals surface area contributed by atoms with Crippen LogP contribution in [-0.2, 0) is 12.8 Å². The molecule has 1 aromatic heterocycles. The standard InChI is InChI=1S/C18H25N3OS/c1-23-15-13-21-18(20-12-10-17-8-5-14-22-17)19-11-9-16-6-3-2-4-7-16/h2-8,14H,9-13,15H2,1H3,(H2,19,20,21). The van der Waals surface area contributed by atoms with E-state index < -0.39 is 0 Å². The topological polar surface area (TPSA) is 49.6 Å². The zero-order valence-corrected chi connectivity index (χ0v) is 14.4. The maximum atomic E-state index is 5.35. The summed E-state index contributed by atoms with van der Waals surface area (Å²) in [6.45, 7) is 2.50. The summed E-state index contributed by atoms with van der Waals surface area (Å²) in [5.74, 6) is 2.90. The van der Waals surface area contributed by atoms with E-state index in [2.05, 4.69) is 46.1 Å². The number of hydrogen-bond donors (Lipinski definition) is 2. The van der Waals surface area contributed by atoms with Gasteiger partial charge < -0.3 is 15.1 Å². The molecule has 0 aliphatic heterocycles. The summed E-state index contributed by atoms with van der Waals surface area (Å²) >= 11 is 1.81. The molecule has 0 aliphatic rings. The van der Waals surface area contributed by atoms with Gasteiger partial charge in [0.05, 0.1) is 12.8 Å². The molecule has 2 aromatic rings. The van der Waals surface area contributed by atoms with E-state index in [1.54, 1.807) is 6.26 Å². The summed E-state index contributed by atoms with van der Waals surface area (Å²) in [5.41, 5.74) is 1.33. The minimum Gasteiger partial charge on any atom is -0.469 e. The van der Waals surface area contributed by atoms with Gasteiger partial charge in [0.1, 0.15) is 5.76 Å². The van der Waals surface area contributed by atoms with Gasteiger partial charge in [-0.15, -0.1) is 0 Å². The Morgan fingerprint density at radius 2 is 1.83 bits per heavy atom. The lowest BCUT2D eigenvalue weighted by Gasteiger charge is -2.12. The SMILES string of the molecule is CSCCN=C(NCCc1ccccc1)NCCc1ccco1. The third kappa shape index (κ3) is 7.28. The Morgan fingerprint density at radius 3 is 2.52 bits per heavy atom. The molecule has 0 fully saturated rings. The Labute approximate surface area is 142 Å². The van der Waals surface area contributed by atoms with Crippen LogP contribution < -0.4 is 10.6 Å². The molecule has 0 unspecified atom stereocenters. The highest BCUT2D eigenvalue weighted by molar-refractivity contribution is 7.98. The average Bonchev–Trinajstić information content (AvgIpc) is 3.09. The van der Waals surface area contributed by atoms with Crippen molar-refractivity contribution in [3.05, 3.63) is 60.1 Å². The minimum absolute atomic E-state index is 0.809. The van der Waals surface area contributed by atoms with Crippen LogP contribution in [0.15, 0.2) is 58.1 Å². The van der Waals surface area contributed by atoms with Crippen LogP contribution in [0.1, 0.15) is 11.3 Å².